The molecular formula is C8H3BrFN3O4. The van der Waals surface area contributed by atoms with Crippen LogP contribution in [0.3, 0.4) is 0 Å². The lowest BCUT2D eigenvalue weighted by atomic mass is 10.2. The third-order valence-electron chi connectivity index (χ3n) is 2.01. The summed E-state index contributed by atoms with van der Waals surface area (Å²) in [6.07, 6.45) is 0. The van der Waals surface area contributed by atoms with Crippen molar-refractivity contribution in [3.63, 3.8) is 0 Å². The Hall–Kier alpha value is -2.03. The van der Waals surface area contributed by atoms with Crippen molar-refractivity contribution in [2.75, 3.05) is 0 Å². The molecule has 17 heavy (non-hydrogen) atoms. The van der Waals surface area contributed by atoms with Gasteiger partial charge in [-0.15, -0.1) is 0 Å². The lowest BCUT2D eigenvalue weighted by Crippen LogP contribution is -1.96. The van der Waals surface area contributed by atoms with Gasteiger partial charge in [0, 0.05) is 0 Å². The maximum atomic E-state index is 13.5. The van der Waals surface area contributed by atoms with E-state index in [4.69, 9.17) is 5.11 Å². The highest BCUT2D eigenvalue weighted by molar-refractivity contribution is 9.10. The van der Waals surface area contributed by atoms with Crippen molar-refractivity contribution in [2.24, 2.45) is 0 Å². The van der Waals surface area contributed by atoms with Gasteiger partial charge in [0.1, 0.15) is 9.99 Å². The molecule has 0 saturated heterocycles. The molecule has 2 rings (SSSR count). The van der Waals surface area contributed by atoms with Crippen LogP contribution in [0, 0.1) is 15.9 Å². The molecular weight excluding hydrogens is 301 g/mol. The predicted octanol–water partition coefficient (Wildman–Crippen LogP) is 1.85. The van der Waals surface area contributed by atoms with Gasteiger partial charge in [0.2, 0.25) is 5.88 Å². The van der Waals surface area contributed by atoms with Crippen LogP contribution in [-0.2, 0) is 0 Å². The summed E-state index contributed by atoms with van der Waals surface area (Å²) in [5.74, 6) is -1.79. The van der Waals surface area contributed by atoms with Crippen LogP contribution >= 0.6 is 15.9 Å². The predicted molar refractivity (Wildman–Crippen MR) is 57.2 cm³/mol. The second-order valence-corrected chi connectivity index (χ2v) is 3.81. The second-order valence-electron chi connectivity index (χ2n) is 3.02. The minimum atomic E-state index is -1.04. The largest absolute Gasteiger partial charge is 0.493 e. The number of nitrogens with zero attached hydrogens (tertiary/aromatic N) is 3. The average Bonchev–Trinajstić information content (AvgIpc) is 2.21. The molecule has 0 radical (unpaired) electrons. The Morgan fingerprint density at radius 3 is 2.65 bits per heavy atom. The molecule has 1 aromatic heterocycles. The zero-order valence-electron chi connectivity index (χ0n) is 7.89. The Kier molecular flexibility index (Phi) is 2.54. The van der Waals surface area contributed by atoms with Crippen LogP contribution in [0.2, 0.25) is 0 Å². The highest BCUT2D eigenvalue weighted by atomic mass is 79.9. The lowest BCUT2D eigenvalue weighted by Gasteiger charge is -2.04. The molecule has 0 fully saturated rings. The van der Waals surface area contributed by atoms with Crippen molar-refractivity contribution < 1.29 is 19.5 Å². The van der Waals surface area contributed by atoms with E-state index in [1.807, 2.05) is 0 Å². The van der Waals surface area contributed by atoms with Crippen LogP contribution in [0.4, 0.5) is 10.1 Å². The maximum absolute atomic E-state index is 13.5. The number of halogens is 2. The van der Waals surface area contributed by atoms with Crippen LogP contribution in [0.25, 0.3) is 10.9 Å². The van der Waals surface area contributed by atoms with E-state index in [-0.39, 0.29) is 9.86 Å². The molecule has 0 atom stereocenters. The van der Waals surface area contributed by atoms with E-state index < -0.39 is 33.8 Å². The summed E-state index contributed by atoms with van der Waals surface area (Å²) in [4.78, 5) is 16.4. The summed E-state index contributed by atoms with van der Waals surface area (Å²) >= 11 is 2.86. The molecule has 0 spiro atoms. The Bertz CT molecular complexity index is 648. The minimum absolute atomic E-state index is 0.156. The fourth-order valence-electron chi connectivity index (χ4n) is 1.33. The molecule has 2 aromatic rings. The van der Waals surface area contributed by atoms with Crippen molar-refractivity contribution in [3.05, 3.63) is 26.5 Å². The molecule has 0 aliphatic heterocycles. The summed E-state index contributed by atoms with van der Waals surface area (Å²) in [5, 5.41) is 28.8. The van der Waals surface area contributed by atoms with Gasteiger partial charge in [-0.05, 0) is 15.9 Å². The number of rotatable bonds is 1. The molecule has 0 bridgehead atoms. The van der Waals surface area contributed by atoms with Crippen molar-refractivity contribution in [1.82, 2.24) is 9.97 Å². The summed E-state index contributed by atoms with van der Waals surface area (Å²) in [6, 6.07) is -0.187. The highest BCUT2D eigenvalue weighted by Gasteiger charge is 2.23. The molecule has 7 nitrogen and oxygen atoms in total. The van der Waals surface area contributed by atoms with Gasteiger partial charge in [-0.3, -0.25) is 10.1 Å². The number of nitro groups is 1. The first-order chi connectivity index (χ1) is 7.91. The molecule has 2 N–H and O–H groups in total. The number of hydrogen-bond donors (Lipinski definition) is 2. The van der Waals surface area contributed by atoms with Crippen LogP contribution < -0.4 is 0 Å². The van der Waals surface area contributed by atoms with Gasteiger partial charge < -0.3 is 10.2 Å². The Labute approximate surface area is 101 Å². The minimum Gasteiger partial charge on any atom is -0.493 e. The fourth-order valence-corrected chi connectivity index (χ4v) is 1.95. The highest BCUT2D eigenvalue weighted by Crippen LogP contribution is 2.38. The summed E-state index contributed by atoms with van der Waals surface area (Å²) in [7, 11) is 0. The second kappa shape index (κ2) is 3.77. The molecule has 0 saturated carbocycles. The average molecular weight is 304 g/mol. The summed E-state index contributed by atoms with van der Waals surface area (Å²) in [5.41, 5.74) is -0.980. The lowest BCUT2D eigenvalue weighted by molar-refractivity contribution is -0.385. The molecule has 0 aliphatic carbocycles. The van der Waals surface area contributed by atoms with E-state index in [0.29, 0.717) is 6.07 Å². The van der Waals surface area contributed by atoms with Gasteiger partial charge in [-0.1, -0.05) is 0 Å². The maximum Gasteiger partial charge on any atom is 0.317 e. The van der Waals surface area contributed by atoms with E-state index in [1.54, 1.807) is 0 Å². The number of benzene rings is 1. The standard InChI is InChI=1S/C8H3BrFN3O4/c9-5-3(13(16)17)1-2(10)6-4(5)7(14)12-8(15)11-6/h1H,(H2,11,12,14,15). The zero-order chi connectivity index (χ0) is 12.7. The van der Waals surface area contributed by atoms with Crippen LogP contribution in [0.1, 0.15) is 0 Å². The van der Waals surface area contributed by atoms with Gasteiger partial charge in [0.15, 0.2) is 5.82 Å². The molecule has 1 aromatic carbocycles. The quantitative estimate of drug-likeness (QED) is 0.614. The number of nitro benzene ring substituents is 1. The molecule has 88 valence electrons. The van der Waals surface area contributed by atoms with Crippen LogP contribution in [0.5, 0.6) is 11.9 Å². The molecule has 0 aliphatic rings. The van der Waals surface area contributed by atoms with E-state index in [0.717, 1.165) is 0 Å². The number of hydrogen-bond acceptors (Lipinski definition) is 6. The molecule has 0 amide bonds. The van der Waals surface area contributed by atoms with Crippen molar-refractivity contribution >= 4 is 32.5 Å². The van der Waals surface area contributed by atoms with E-state index in [2.05, 4.69) is 25.9 Å². The third-order valence-corrected chi connectivity index (χ3v) is 2.81. The van der Waals surface area contributed by atoms with E-state index in [9.17, 15) is 19.6 Å². The van der Waals surface area contributed by atoms with Gasteiger partial charge in [0.25, 0.3) is 5.69 Å². The summed E-state index contributed by atoms with van der Waals surface area (Å²) < 4.78 is 13.4. The van der Waals surface area contributed by atoms with Gasteiger partial charge >= 0.3 is 6.01 Å². The van der Waals surface area contributed by atoms with Gasteiger partial charge in [-0.2, -0.15) is 9.97 Å². The monoisotopic (exact) mass is 303 g/mol. The summed E-state index contributed by atoms with van der Waals surface area (Å²) in [6.45, 7) is 0. The first-order valence-electron chi connectivity index (χ1n) is 4.14. The Morgan fingerprint density at radius 2 is 2.06 bits per heavy atom. The first kappa shape index (κ1) is 11.5. The van der Waals surface area contributed by atoms with Crippen molar-refractivity contribution in [1.29, 1.82) is 0 Å². The fraction of sp³-hybridized carbons (Fsp3) is 0. The topological polar surface area (TPSA) is 109 Å². The van der Waals surface area contributed by atoms with Crippen molar-refractivity contribution in [3.8, 4) is 11.9 Å². The van der Waals surface area contributed by atoms with E-state index >= 15 is 0 Å². The van der Waals surface area contributed by atoms with Crippen LogP contribution in [0.15, 0.2) is 10.5 Å². The van der Waals surface area contributed by atoms with Crippen molar-refractivity contribution in [2.45, 2.75) is 0 Å². The van der Waals surface area contributed by atoms with Gasteiger partial charge in [0.05, 0.1) is 16.4 Å². The van der Waals surface area contributed by atoms with E-state index in [1.165, 1.54) is 0 Å². The Morgan fingerprint density at radius 1 is 1.41 bits per heavy atom. The molecule has 9 heteroatoms. The molecule has 1 heterocycles. The smallest absolute Gasteiger partial charge is 0.317 e. The molecule has 0 unspecified atom stereocenters. The number of aromatic nitrogens is 2. The first-order valence-corrected chi connectivity index (χ1v) is 4.93. The number of fused-ring (bicyclic) bond motifs is 1. The zero-order valence-corrected chi connectivity index (χ0v) is 9.47. The number of aromatic hydroxyl groups is 2. The SMILES string of the molecule is O=[N+]([O-])c1cc(F)c2nc(O)nc(O)c2c1Br. The third kappa shape index (κ3) is 1.73. The van der Waals surface area contributed by atoms with Crippen LogP contribution in [-0.4, -0.2) is 25.1 Å². The Balaban J connectivity index is 2.99. The normalized spacial score (nSPS) is 10.7. The van der Waals surface area contributed by atoms with Gasteiger partial charge in [-0.25, -0.2) is 4.39 Å².